The molecule has 3 nitrogen and oxygen atoms in total. The van der Waals surface area contributed by atoms with E-state index in [-0.39, 0.29) is 18.3 Å². The van der Waals surface area contributed by atoms with Crippen molar-refractivity contribution in [3.05, 3.63) is 12.7 Å². The van der Waals surface area contributed by atoms with E-state index in [0.29, 0.717) is 6.42 Å². The first-order chi connectivity index (χ1) is 5.61. The molecule has 3 heteroatoms. The van der Waals surface area contributed by atoms with Crippen LogP contribution in [0.3, 0.4) is 0 Å². The highest BCUT2D eigenvalue weighted by atomic mass is 16.5. The molecule has 0 aliphatic carbocycles. The lowest BCUT2D eigenvalue weighted by molar-refractivity contribution is -0.143. The highest BCUT2D eigenvalue weighted by Crippen LogP contribution is 2.11. The molecule has 12 heavy (non-hydrogen) atoms. The Hall–Kier alpha value is -0.830. The lowest BCUT2D eigenvalue weighted by atomic mass is 9.99. The van der Waals surface area contributed by atoms with Crippen molar-refractivity contribution in [1.29, 1.82) is 0 Å². The van der Waals surface area contributed by atoms with Gasteiger partial charge in [0.2, 0.25) is 0 Å². The van der Waals surface area contributed by atoms with Gasteiger partial charge in [0.15, 0.2) is 0 Å². The van der Waals surface area contributed by atoms with Crippen LogP contribution < -0.4 is 0 Å². The SMILES string of the molecule is C=CC[C@@H](C)[C@H](O)CC(=O)OC. The van der Waals surface area contributed by atoms with Gasteiger partial charge >= 0.3 is 5.97 Å². The minimum absolute atomic E-state index is 0.0570. The van der Waals surface area contributed by atoms with Crippen LogP contribution in [-0.4, -0.2) is 24.3 Å². The van der Waals surface area contributed by atoms with Crippen LogP contribution in [0.1, 0.15) is 19.8 Å². The van der Waals surface area contributed by atoms with E-state index in [4.69, 9.17) is 0 Å². The van der Waals surface area contributed by atoms with Gasteiger partial charge in [0, 0.05) is 0 Å². The molecule has 0 spiro atoms. The summed E-state index contributed by atoms with van der Waals surface area (Å²) < 4.78 is 4.42. The molecular weight excluding hydrogens is 156 g/mol. The van der Waals surface area contributed by atoms with Crippen molar-refractivity contribution in [3.8, 4) is 0 Å². The van der Waals surface area contributed by atoms with Crippen molar-refractivity contribution in [1.82, 2.24) is 0 Å². The summed E-state index contributed by atoms with van der Waals surface area (Å²) in [4.78, 5) is 10.7. The predicted molar refractivity (Wildman–Crippen MR) is 46.6 cm³/mol. The molecule has 0 aromatic carbocycles. The number of aliphatic hydroxyl groups is 1. The zero-order valence-corrected chi connectivity index (χ0v) is 7.62. The Kier molecular flexibility index (Phi) is 5.37. The minimum atomic E-state index is -0.629. The lowest BCUT2D eigenvalue weighted by Gasteiger charge is -2.15. The second kappa shape index (κ2) is 5.77. The minimum Gasteiger partial charge on any atom is -0.469 e. The Morgan fingerprint density at radius 3 is 2.75 bits per heavy atom. The Labute approximate surface area is 73.0 Å². The summed E-state index contributed by atoms with van der Waals surface area (Å²) in [5.74, 6) is -0.319. The predicted octanol–water partition coefficient (Wildman–Crippen LogP) is 1.12. The molecule has 0 aliphatic rings. The third-order valence-corrected chi connectivity index (χ3v) is 1.80. The molecule has 0 aromatic rings. The normalized spacial score (nSPS) is 14.9. The summed E-state index contributed by atoms with van der Waals surface area (Å²) in [7, 11) is 1.31. The Morgan fingerprint density at radius 2 is 2.33 bits per heavy atom. The molecule has 0 radical (unpaired) electrons. The van der Waals surface area contributed by atoms with Crippen molar-refractivity contribution in [3.63, 3.8) is 0 Å². The molecule has 1 N–H and O–H groups in total. The van der Waals surface area contributed by atoms with Crippen LogP contribution in [0.15, 0.2) is 12.7 Å². The standard InChI is InChI=1S/C9H16O3/c1-4-5-7(2)8(10)6-9(11)12-3/h4,7-8,10H,1,5-6H2,2-3H3/t7-,8-/m1/s1. The average molecular weight is 172 g/mol. The van der Waals surface area contributed by atoms with Gasteiger partial charge in [-0.15, -0.1) is 6.58 Å². The van der Waals surface area contributed by atoms with Crippen molar-refractivity contribution in [2.24, 2.45) is 5.92 Å². The van der Waals surface area contributed by atoms with Crippen molar-refractivity contribution >= 4 is 5.97 Å². The number of hydrogen-bond donors (Lipinski definition) is 1. The summed E-state index contributed by atoms with van der Waals surface area (Å²) in [6.07, 6.45) is 1.87. The van der Waals surface area contributed by atoms with Crippen molar-refractivity contribution in [2.45, 2.75) is 25.9 Å². The van der Waals surface area contributed by atoms with Crippen LogP contribution in [0.25, 0.3) is 0 Å². The second-order valence-corrected chi connectivity index (χ2v) is 2.85. The fourth-order valence-electron chi connectivity index (χ4n) is 0.875. The maximum atomic E-state index is 10.7. The summed E-state index contributed by atoms with van der Waals surface area (Å²) in [6, 6.07) is 0. The highest BCUT2D eigenvalue weighted by molar-refractivity contribution is 5.69. The van der Waals surface area contributed by atoms with Gasteiger partial charge in [0.05, 0.1) is 19.6 Å². The molecule has 0 saturated carbocycles. The van der Waals surface area contributed by atoms with Crippen LogP contribution in [-0.2, 0) is 9.53 Å². The van der Waals surface area contributed by atoms with Gasteiger partial charge in [-0.3, -0.25) is 4.79 Å². The molecule has 0 aliphatic heterocycles. The van der Waals surface area contributed by atoms with Gasteiger partial charge < -0.3 is 9.84 Å². The fraction of sp³-hybridized carbons (Fsp3) is 0.667. The fourth-order valence-corrected chi connectivity index (χ4v) is 0.875. The van der Waals surface area contributed by atoms with E-state index < -0.39 is 6.10 Å². The van der Waals surface area contributed by atoms with Crippen LogP contribution in [0.5, 0.6) is 0 Å². The molecule has 2 atom stereocenters. The third kappa shape index (κ3) is 4.13. The Balaban J connectivity index is 3.77. The number of esters is 1. The molecule has 0 saturated heterocycles. The summed E-state index contributed by atoms with van der Waals surface area (Å²) >= 11 is 0. The lowest BCUT2D eigenvalue weighted by Crippen LogP contribution is -2.21. The van der Waals surface area contributed by atoms with Gasteiger partial charge in [-0.25, -0.2) is 0 Å². The molecule has 0 rings (SSSR count). The zero-order valence-electron chi connectivity index (χ0n) is 7.62. The summed E-state index contributed by atoms with van der Waals surface area (Å²) in [5.41, 5.74) is 0. The molecule has 0 amide bonds. The van der Waals surface area contributed by atoms with Crippen LogP contribution >= 0.6 is 0 Å². The van der Waals surface area contributed by atoms with Crippen LogP contribution in [0.2, 0.25) is 0 Å². The number of allylic oxidation sites excluding steroid dienone is 1. The number of aliphatic hydroxyl groups excluding tert-OH is 1. The molecular formula is C9H16O3. The molecule has 0 fully saturated rings. The quantitative estimate of drug-likeness (QED) is 0.499. The maximum Gasteiger partial charge on any atom is 0.308 e. The number of carbonyl (C=O) groups excluding carboxylic acids is 1. The third-order valence-electron chi connectivity index (χ3n) is 1.80. The van der Waals surface area contributed by atoms with Crippen LogP contribution in [0.4, 0.5) is 0 Å². The van der Waals surface area contributed by atoms with E-state index in [2.05, 4.69) is 11.3 Å². The summed E-state index contributed by atoms with van der Waals surface area (Å²) in [5, 5.41) is 9.40. The highest BCUT2D eigenvalue weighted by Gasteiger charge is 2.16. The first-order valence-electron chi connectivity index (χ1n) is 3.97. The number of hydrogen-bond acceptors (Lipinski definition) is 3. The average Bonchev–Trinajstić information content (AvgIpc) is 2.04. The second-order valence-electron chi connectivity index (χ2n) is 2.85. The first kappa shape index (κ1) is 11.2. The Bertz CT molecular complexity index is 154. The molecule has 0 unspecified atom stereocenters. The van der Waals surface area contributed by atoms with Gasteiger partial charge in [-0.2, -0.15) is 0 Å². The van der Waals surface area contributed by atoms with E-state index in [1.807, 2.05) is 6.92 Å². The monoisotopic (exact) mass is 172 g/mol. The van der Waals surface area contributed by atoms with Crippen molar-refractivity contribution in [2.75, 3.05) is 7.11 Å². The van der Waals surface area contributed by atoms with E-state index in [1.165, 1.54) is 7.11 Å². The van der Waals surface area contributed by atoms with E-state index in [0.717, 1.165) is 0 Å². The van der Waals surface area contributed by atoms with Gasteiger partial charge in [0.25, 0.3) is 0 Å². The Morgan fingerprint density at radius 1 is 1.75 bits per heavy atom. The molecule has 0 heterocycles. The number of carbonyl (C=O) groups is 1. The number of ether oxygens (including phenoxy) is 1. The van der Waals surface area contributed by atoms with E-state index >= 15 is 0 Å². The summed E-state index contributed by atoms with van der Waals surface area (Å²) in [6.45, 7) is 5.43. The van der Waals surface area contributed by atoms with Gasteiger partial charge in [-0.1, -0.05) is 13.0 Å². The molecule has 0 bridgehead atoms. The van der Waals surface area contributed by atoms with E-state index in [9.17, 15) is 9.90 Å². The number of rotatable bonds is 5. The van der Waals surface area contributed by atoms with Crippen LogP contribution in [0, 0.1) is 5.92 Å². The van der Waals surface area contributed by atoms with Gasteiger partial charge in [0.1, 0.15) is 0 Å². The maximum absolute atomic E-state index is 10.7. The topological polar surface area (TPSA) is 46.5 Å². The van der Waals surface area contributed by atoms with E-state index in [1.54, 1.807) is 6.08 Å². The van der Waals surface area contributed by atoms with Crippen molar-refractivity contribution < 1.29 is 14.6 Å². The number of methoxy groups -OCH3 is 1. The van der Waals surface area contributed by atoms with Gasteiger partial charge in [-0.05, 0) is 12.3 Å². The molecule has 70 valence electrons. The molecule has 0 aromatic heterocycles. The zero-order chi connectivity index (χ0) is 9.56. The first-order valence-corrected chi connectivity index (χ1v) is 3.97. The smallest absolute Gasteiger partial charge is 0.308 e. The largest absolute Gasteiger partial charge is 0.469 e.